The van der Waals surface area contributed by atoms with Crippen molar-refractivity contribution >= 4 is 0 Å². The molecule has 0 amide bonds. The third-order valence-electron chi connectivity index (χ3n) is 4.68. The van der Waals surface area contributed by atoms with Gasteiger partial charge in [0, 0.05) is 13.2 Å². The van der Waals surface area contributed by atoms with Gasteiger partial charge in [0.15, 0.2) is 0 Å². The van der Waals surface area contributed by atoms with Crippen molar-refractivity contribution in [3.63, 3.8) is 0 Å². The summed E-state index contributed by atoms with van der Waals surface area (Å²) in [7, 11) is 0. The molecule has 0 radical (unpaired) electrons. The lowest BCUT2D eigenvalue weighted by molar-refractivity contribution is 0.160. The van der Waals surface area contributed by atoms with Crippen molar-refractivity contribution in [1.29, 1.82) is 5.26 Å². The third kappa shape index (κ3) is 7.90. The fourth-order valence-electron chi connectivity index (χ4n) is 3.21. The molecule has 25 heavy (non-hydrogen) atoms. The minimum atomic E-state index is 0.326. The Kier molecular flexibility index (Phi) is 10.9. The summed E-state index contributed by atoms with van der Waals surface area (Å²) in [5.41, 5.74) is 1.68. The topological polar surface area (TPSA) is 56.5 Å². The van der Waals surface area contributed by atoms with Crippen LogP contribution in [-0.4, -0.2) is 42.9 Å². The summed E-state index contributed by atoms with van der Waals surface area (Å²) in [5, 5.41) is 17.8. The van der Waals surface area contributed by atoms with E-state index in [0.29, 0.717) is 12.2 Å². The Morgan fingerprint density at radius 1 is 1.24 bits per heavy atom. The molecule has 4 heteroatoms. The molecule has 1 N–H and O–H groups in total. The van der Waals surface area contributed by atoms with E-state index in [1.54, 1.807) is 0 Å². The molecule has 1 saturated heterocycles. The van der Waals surface area contributed by atoms with Crippen molar-refractivity contribution in [3.05, 3.63) is 29.3 Å². The van der Waals surface area contributed by atoms with Crippen molar-refractivity contribution in [3.8, 4) is 11.8 Å². The van der Waals surface area contributed by atoms with Crippen LogP contribution in [0.5, 0.6) is 5.75 Å². The van der Waals surface area contributed by atoms with E-state index in [-0.39, 0.29) is 0 Å². The highest BCUT2D eigenvalue weighted by atomic mass is 16.5. The van der Waals surface area contributed by atoms with Gasteiger partial charge in [0.05, 0.1) is 18.2 Å². The predicted molar refractivity (Wildman–Crippen MR) is 103 cm³/mol. The summed E-state index contributed by atoms with van der Waals surface area (Å²) in [6.45, 7) is 10.4. The first-order valence-electron chi connectivity index (χ1n) is 9.69. The number of hydrogen-bond donors (Lipinski definition) is 1. The summed E-state index contributed by atoms with van der Waals surface area (Å²) in [5.74, 6) is 1.65. The van der Waals surface area contributed by atoms with Gasteiger partial charge < -0.3 is 14.7 Å². The summed E-state index contributed by atoms with van der Waals surface area (Å²) >= 11 is 0. The number of nitrogens with zero attached hydrogens (tertiary/aromatic N) is 2. The maximum atomic E-state index is 8.93. The molecule has 1 aliphatic heterocycles. The Bertz CT molecular complexity index is 517. The van der Waals surface area contributed by atoms with Crippen LogP contribution in [0, 0.1) is 24.2 Å². The van der Waals surface area contributed by atoms with Gasteiger partial charge in [-0.2, -0.15) is 5.26 Å². The van der Waals surface area contributed by atoms with Gasteiger partial charge in [-0.3, -0.25) is 0 Å². The molecule has 0 bridgehead atoms. The average molecular weight is 347 g/mol. The summed E-state index contributed by atoms with van der Waals surface area (Å²) in [6, 6.07) is 7.80. The maximum Gasteiger partial charge on any atom is 0.119 e. The van der Waals surface area contributed by atoms with Crippen LogP contribution in [-0.2, 0) is 0 Å². The second-order valence-corrected chi connectivity index (χ2v) is 6.44. The first kappa shape index (κ1) is 21.5. The van der Waals surface area contributed by atoms with E-state index in [2.05, 4.69) is 11.0 Å². The van der Waals surface area contributed by atoms with Gasteiger partial charge in [-0.05, 0) is 81.8 Å². The zero-order valence-corrected chi connectivity index (χ0v) is 16.1. The van der Waals surface area contributed by atoms with E-state index in [0.717, 1.165) is 43.2 Å². The van der Waals surface area contributed by atoms with Crippen LogP contribution in [0.3, 0.4) is 0 Å². The number of piperidine rings is 1. The largest absolute Gasteiger partial charge is 0.494 e. The Labute approximate surface area is 153 Å². The predicted octanol–water partition coefficient (Wildman–Crippen LogP) is 4.15. The Morgan fingerprint density at radius 2 is 1.96 bits per heavy atom. The lowest BCUT2D eigenvalue weighted by atomic mass is 9.92. The molecule has 0 aromatic heterocycles. The van der Waals surface area contributed by atoms with E-state index in [9.17, 15) is 0 Å². The minimum absolute atomic E-state index is 0.326. The highest BCUT2D eigenvalue weighted by molar-refractivity contribution is 5.41. The highest BCUT2D eigenvalue weighted by Crippen LogP contribution is 2.22. The van der Waals surface area contributed by atoms with Crippen LogP contribution >= 0.6 is 0 Å². The summed E-state index contributed by atoms with van der Waals surface area (Å²) in [4.78, 5) is 2.52. The SMILES string of the molecule is CC.Cc1cc(OCCCN2CCC(CCCO)CC2)ccc1C#N. The smallest absolute Gasteiger partial charge is 0.119 e. The van der Waals surface area contributed by atoms with Gasteiger partial charge in [-0.15, -0.1) is 0 Å². The first-order valence-corrected chi connectivity index (χ1v) is 9.69. The van der Waals surface area contributed by atoms with E-state index < -0.39 is 0 Å². The summed E-state index contributed by atoms with van der Waals surface area (Å²) in [6.07, 6.45) is 5.67. The first-order chi connectivity index (χ1) is 12.2. The Balaban J connectivity index is 0.00000151. The van der Waals surface area contributed by atoms with Crippen LogP contribution in [0.25, 0.3) is 0 Å². The zero-order chi connectivity index (χ0) is 18.5. The van der Waals surface area contributed by atoms with Gasteiger partial charge in [-0.1, -0.05) is 13.8 Å². The molecule has 0 unspecified atom stereocenters. The van der Waals surface area contributed by atoms with Gasteiger partial charge in [-0.25, -0.2) is 0 Å². The molecule has 2 rings (SSSR count). The molecule has 0 spiro atoms. The van der Waals surface area contributed by atoms with Crippen molar-refractivity contribution in [2.24, 2.45) is 5.92 Å². The second-order valence-electron chi connectivity index (χ2n) is 6.44. The Morgan fingerprint density at radius 3 is 2.56 bits per heavy atom. The van der Waals surface area contributed by atoms with Crippen LogP contribution in [0.1, 0.15) is 57.1 Å². The molecule has 0 atom stereocenters. The molecule has 1 aliphatic rings. The third-order valence-corrected chi connectivity index (χ3v) is 4.68. The molecule has 1 aromatic rings. The zero-order valence-electron chi connectivity index (χ0n) is 16.1. The fraction of sp³-hybridized carbons (Fsp3) is 0.667. The van der Waals surface area contributed by atoms with E-state index in [1.807, 2.05) is 39.0 Å². The Hall–Kier alpha value is -1.57. The van der Waals surface area contributed by atoms with E-state index >= 15 is 0 Å². The number of rotatable bonds is 8. The van der Waals surface area contributed by atoms with E-state index in [4.69, 9.17) is 15.1 Å². The number of benzene rings is 1. The molecular weight excluding hydrogens is 312 g/mol. The van der Waals surface area contributed by atoms with Crippen LogP contribution < -0.4 is 4.74 Å². The maximum absolute atomic E-state index is 8.93. The number of aliphatic hydroxyl groups excluding tert-OH is 1. The van der Waals surface area contributed by atoms with Gasteiger partial charge in [0.25, 0.3) is 0 Å². The molecule has 140 valence electrons. The fourth-order valence-corrected chi connectivity index (χ4v) is 3.21. The lowest BCUT2D eigenvalue weighted by Crippen LogP contribution is -2.35. The second kappa shape index (κ2) is 12.7. The average Bonchev–Trinajstić information content (AvgIpc) is 2.66. The standard InChI is InChI=1S/C19H28N2O2.C2H6/c1-16-14-19(6-5-18(16)15-20)23-13-3-9-21-10-7-17(8-11-21)4-2-12-22;1-2/h5-6,14,17,22H,2-4,7-13H2,1H3;1-2H3. The molecule has 1 heterocycles. The molecule has 4 nitrogen and oxygen atoms in total. The van der Waals surface area contributed by atoms with Gasteiger partial charge in [0.2, 0.25) is 0 Å². The number of likely N-dealkylation sites (tertiary alicyclic amines) is 1. The number of aryl methyl sites for hydroxylation is 1. The molecule has 0 saturated carbocycles. The normalized spacial score (nSPS) is 15.2. The lowest BCUT2D eigenvalue weighted by Gasteiger charge is -2.31. The number of aliphatic hydroxyl groups is 1. The monoisotopic (exact) mass is 346 g/mol. The number of ether oxygens (including phenoxy) is 1. The highest BCUT2D eigenvalue weighted by Gasteiger charge is 2.18. The van der Waals surface area contributed by atoms with Crippen molar-refractivity contribution in [2.75, 3.05) is 32.8 Å². The van der Waals surface area contributed by atoms with Crippen LogP contribution in [0.2, 0.25) is 0 Å². The molecule has 1 aromatic carbocycles. The van der Waals surface area contributed by atoms with Crippen molar-refractivity contribution < 1.29 is 9.84 Å². The van der Waals surface area contributed by atoms with Crippen molar-refractivity contribution in [2.45, 2.75) is 52.9 Å². The number of hydrogen-bond acceptors (Lipinski definition) is 4. The van der Waals surface area contributed by atoms with Crippen LogP contribution in [0.4, 0.5) is 0 Å². The van der Waals surface area contributed by atoms with Crippen LogP contribution in [0.15, 0.2) is 18.2 Å². The van der Waals surface area contributed by atoms with Gasteiger partial charge >= 0.3 is 0 Å². The number of nitriles is 1. The van der Waals surface area contributed by atoms with Gasteiger partial charge in [0.1, 0.15) is 5.75 Å². The molecular formula is C21H34N2O2. The minimum Gasteiger partial charge on any atom is -0.494 e. The van der Waals surface area contributed by atoms with Crippen molar-refractivity contribution in [1.82, 2.24) is 4.90 Å². The quantitative estimate of drug-likeness (QED) is 0.719. The summed E-state index contributed by atoms with van der Waals surface area (Å²) < 4.78 is 5.79. The molecule has 1 fully saturated rings. The molecule has 0 aliphatic carbocycles. The van der Waals surface area contributed by atoms with E-state index in [1.165, 1.54) is 32.4 Å².